The summed E-state index contributed by atoms with van der Waals surface area (Å²) in [7, 11) is 0. The standard InChI is InChI=1S/C15H9F3O3/c16-15(17,18)8-5-6-12-11(7-8)9-3-1-2-4-10(9)13(21-12)14(19)20/h1-7,13H,(H,19,20). The Hall–Kier alpha value is -2.50. The van der Waals surface area contributed by atoms with Crippen molar-refractivity contribution < 1.29 is 27.8 Å². The number of aliphatic carboxylic acids is 1. The summed E-state index contributed by atoms with van der Waals surface area (Å²) in [6, 6.07) is 9.41. The van der Waals surface area contributed by atoms with Crippen LogP contribution < -0.4 is 4.74 Å². The van der Waals surface area contributed by atoms with E-state index in [9.17, 15) is 23.1 Å². The highest BCUT2D eigenvalue weighted by Crippen LogP contribution is 2.44. The van der Waals surface area contributed by atoms with Gasteiger partial charge in [-0.3, -0.25) is 0 Å². The zero-order valence-corrected chi connectivity index (χ0v) is 10.5. The first-order chi connectivity index (χ1) is 9.88. The molecule has 1 heterocycles. The molecule has 0 bridgehead atoms. The van der Waals surface area contributed by atoms with Gasteiger partial charge in [0.1, 0.15) is 5.75 Å². The van der Waals surface area contributed by atoms with Crippen LogP contribution in [-0.2, 0) is 11.0 Å². The minimum atomic E-state index is -4.46. The van der Waals surface area contributed by atoms with Crippen LogP contribution >= 0.6 is 0 Å². The molecular weight excluding hydrogens is 285 g/mol. The van der Waals surface area contributed by atoms with Gasteiger partial charge in [-0.2, -0.15) is 13.2 Å². The van der Waals surface area contributed by atoms with Crippen molar-refractivity contribution in [1.29, 1.82) is 0 Å². The van der Waals surface area contributed by atoms with Gasteiger partial charge in [0.2, 0.25) is 6.10 Å². The summed E-state index contributed by atoms with van der Waals surface area (Å²) in [6.07, 6.45) is -5.68. The molecule has 108 valence electrons. The van der Waals surface area contributed by atoms with Crippen LogP contribution in [0.1, 0.15) is 17.2 Å². The first kappa shape index (κ1) is 13.5. The maximum atomic E-state index is 12.8. The Kier molecular flexibility index (Phi) is 2.90. The van der Waals surface area contributed by atoms with E-state index in [0.29, 0.717) is 11.1 Å². The molecule has 0 aliphatic carbocycles. The Morgan fingerprint density at radius 1 is 1.10 bits per heavy atom. The van der Waals surface area contributed by atoms with Crippen LogP contribution in [0.2, 0.25) is 0 Å². The van der Waals surface area contributed by atoms with Gasteiger partial charge in [-0.25, -0.2) is 4.79 Å². The second-order valence-corrected chi connectivity index (χ2v) is 4.63. The van der Waals surface area contributed by atoms with Crippen molar-refractivity contribution >= 4 is 5.97 Å². The van der Waals surface area contributed by atoms with Gasteiger partial charge in [-0.15, -0.1) is 0 Å². The van der Waals surface area contributed by atoms with Crippen molar-refractivity contribution in [3.05, 3.63) is 53.6 Å². The Morgan fingerprint density at radius 2 is 1.81 bits per heavy atom. The Morgan fingerprint density at radius 3 is 2.48 bits per heavy atom. The molecule has 1 atom stereocenters. The van der Waals surface area contributed by atoms with E-state index in [1.165, 1.54) is 6.07 Å². The Labute approximate surface area is 117 Å². The number of carboxylic acid groups (broad SMARTS) is 1. The lowest BCUT2D eigenvalue weighted by Gasteiger charge is -2.26. The number of benzene rings is 2. The monoisotopic (exact) mass is 294 g/mol. The van der Waals surface area contributed by atoms with E-state index < -0.39 is 23.8 Å². The van der Waals surface area contributed by atoms with E-state index in [1.54, 1.807) is 18.2 Å². The van der Waals surface area contributed by atoms with E-state index in [4.69, 9.17) is 4.74 Å². The maximum absolute atomic E-state index is 12.8. The third-order valence-electron chi connectivity index (χ3n) is 3.31. The lowest BCUT2D eigenvalue weighted by Crippen LogP contribution is -2.22. The number of carbonyl (C=O) groups is 1. The van der Waals surface area contributed by atoms with Crippen molar-refractivity contribution in [1.82, 2.24) is 0 Å². The van der Waals surface area contributed by atoms with E-state index in [2.05, 4.69) is 0 Å². The van der Waals surface area contributed by atoms with Gasteiger partial charge in [0.25, 0.3) is 0 Å². The van der Waals surface area contributed by atoms with Crippen molar-refractivity contribution in [2.24, 2.45) is 0 Å². The molecule has 6 heteroatoms. The predicted molar refractivity (Wildman–Crippen MR) is 67.9 cm³/mol. The number of ether oxygens (including phenoxy) is 1. The molecule has 1 unspecified atom stereocenters. The minimum absolute atomic E-state index is 0.133. The minimum Gasteiger partial charge on any atom is -0.478 e. The molecule has 1 aliphatic rings. The van der Waals surface area contributed by atoms with Crippen LogP contribution in [0.3, 0.4) is 0 Å². The Balaban J connectivity index is 2.21. The van der Waals surface area contributed by atoms with Gasteiger partial charge >= 0.3 is 12.1 Å². The number of rotatable bonds is 1. The molecule has 3 nitrogen and oxygen atoms in total. The fraction of sp³-hybridized carbons (Fsp3) is 0.133. The molecule has 2 aromatic rings. The molecular formula is C15H9F3O3. The molecule has 21 heavy (non-hydrogen) atoms. The summed E-state index contributed by atoms with van der Waals surface area (Å²) in [6.45, 7) is 0. The summed E-state index contributed by atoms with van der Waals surface area (Å²) < 4.78 is 43.7. The van der Waals surface area contributed by atoms with Crippen LogP contribution in [0.4, 0.5) is 13.2 Å². The van der Waals surface area contributed by atoms with E-state index in [0.717, 1.165) is 18.2 Å². The van der Waals surface area contributed by atoms with Crippen LogP contribution in [0.25, 0.3) is 11.1 Å². The number of fused-ring (bicyclic) bond motifs is 3. The van der Waals surface area contributed by atoms with Gasteiger partial charge in [-0.05, 0) is 23.8 Å². The van der Waals surface area contributed by atoms with E-state index in [1.807, 2.05) is 0 Å². The smallest absolute Gasteiger partial charge is 0.416 e. The third-order valence-corrected chi connectivity index (χ3v) is 3.31. The van der Waals surface area contributed by atoms with Crippen molar-refractivity contribution in [2.75, 3.05) is 0 Å². The van der Waals surface area contributed by atoms with Gasteiger partial charge < -0.3 is 9.84 Å². The van der Waals surface area contributed by atoms with Crippen LogP contribution in [0.15, 0.2) is 42.5 Å². The van der Waals surface area contributed by atoms with Crippen LogP contribution in [0.5, 0.6) is 5.75 Å². The van der Waals surface area contributed by atoms with E-state index in [-0.39, 0.29) is 11.3 Å². The topological polar surface area (TPSA) is 46.5 Å². The summed E-state index contributed by atoms with van der Waals surface area (Å²) in [4.78, 5) is 11.2. The summed E-state index contributed by atoms with van der Waals surface area (Å²) in [5.74, 6) is -1.05. The molecule has 0 aromatic heterocycles. The summed E-state index contributed by atoms with van der Waals surface area (Å²) in [5, 5.41) is 9.19. The van der Waals surface area contributed by atoms with Crippen LogP contribution in [0, 0.1) is 0 Å². The molecule has 0 fully saturated rings. The number of carboxylic acids is 1. The zero-order chi connectivity index (χ0) is 15.2. The number of hydrogen-bond acceptors (Lipinski definition) is 2. The van der Waals surface area contributed by atoms with Crippen molar-refractivity contribution in [3.8, 4) is 16.9 Å². The van der Waals surface area contributed by atoms with Crippen LogP contribution in [-0.4, -0.2) is 11.1 Å². The van der Waals surface area contributed by atoms with Gasteiger partial charge in [0.05, 0.1) is 5.56 Å². The fourth-order valence-electron chi connectivity index (χ4n) is 2.36. The number of hydrogen-bond donors (Lipinski definition) is 1. The molecule has 0 amide bonds. The highest BCUT2D eigenvalue weighted by molar-refractivity contribution is 5.85. The van der Waals surface area contributed by atoms with Crippen molar-refractivity contribution in [3.63, 3.8) is 0 Å². The average molecular weight is 294 g/mol. The highest BCUT2D eigenvalue weighted by atomic mass is 19.4. The SMILES string of the molecule is O=C(O)C1Oc2ccc(C(F)(F)F)cc2-c2ccccc21. The second kappa shape index (κ2) is 4.51. The molecule has 0 spiro atoms. The number of alkyl halides is 3. The summed E-state index contributed by atoms with van der Waals surface area (Å²) >= 11 is 0. The normalized spacial score (nSPS) is 16.6. The molecule has 3 rings (SSSR count). The van der Waals surface area contributed by atoms with Crippen molar-refractivity contribution in [2.45, 2.75) is 12.3 Å². The summed E-state index contributed by atoms with van der Waals surface area (Å²) in [5.41, 5.74) is 0.237. The molecule has 0 saturated heterocycles. The first-order valence-corrected chi connectivity index (χ1v) is 6.08. The molecule has 1 N–H and O–H groups in total. The fourth-order valence-corrected chi connectivity index (χ4v) is 2.36. The van der Waals surface area contributed by atoms with Gasteiger partial charge in [-0.1, -0.05) is 24.3 Å². The zero-order valence-electron chi connectivity index (χ0n) is 10.5. The predicted octanol–water partition coefficient (Wildman–Crippen LogP) is 3.89. The molecule has 0 saturated carbocycles. The molecule has 1 aliphatic heterocycles. The molecule has 0 radical (unpaired) electrons. The lowest BCUT2D eigenvalue weighted by molar-refractivity contribution is -0.145. The second-order valence-electron chi connectivity index (χ2n) is 4.63. The van der Waals surface area contributed by atoms with Gasteiger partial charge in [0, 0.05) is 11.1 Å². The number of halogens is 3. The highest BCUT2D eigenvalue weighted by Gasteiger charge is 2.35. The molecule has 2 aromatic carbocycles. The quantitative estimate of drug-likeness (QED) is 0.868. The first-order valence-electron chi connectivity index (χ1n) is 6.08. The average Bonchev–Trinajstić information content (AvgIpc) is 2.44. The Bertz CT molecular complexity index is 722. The largest absolute Gasteiger partial charge is 0.478 e. The van der Waals surface area contributed by atoms with Gasteiger partial charge in [0.15, 0.2) is 0 Å². The maximum Gasteiger partial charge on any atom is 0.416 e. The third kappa shape index (κ3) is 2.22. The lowest BCUT2D eigenvalue weighted by atomic mass is 9.91. The van der Waals surface area contributed by atoms with E-state index >= 15 is 0 Å².